The molecule has 1 aliphatic carbocycles. The minimum absolute atomic E-state index is 0.101. The average Bonchev–Trinajstić information content (AvgIpc) is 2.81. The molecule has 1 atom stereocenters. The molecule has 1 fully saturated rings. The molecule has 1 N–H and O–H groups in total. The van der Waals surface area contributed by atoms with Crippen molar-refractivity contribution in [2.45, 2.75) is 38.7 Å². The Morgan fingerprint density at radius 1 is 1.25 bits per heavy atom. The molecule has 88 valence electrons. The van der Waals surface area contributed by atoms with Gasteiger partial charge < -0.3 is 5.11 Å². The molecule has 1 saturated carbocycles. The highest BCUT2D eigenvalue weighted by atomic mass is 19.1. The van der Waals surface area contributed by atoms with Crippen LogP contribution in [0.3, 0.4) is 0 Å². The van der Waals surface area contributed by atoms with E-state index in [9.17, 15) is 13.9 Å². The Kier molecular flexibility index (Phi) is 2.54. The number of hydrogen-bond acceptors (Lipinski definition) is 1. The molecule has 0 radical (unpaired) electrons. The van der Waals surface area contributed by atoms with Crippen molar-refractivity contribution in [3.05, 3.63) is 35.4 Å². The van der Waals surface area contributed by atoms with Gasteiger partial charge in [-0.15, -0.1) is 0 Å². The zero-order chi connectivity index (χ0) is 12.0. The number of halogens is 2. The Bertz CT molecular complexity index is 388. The van der Waals surface area contributed by atoms with Gasteiger partial charge >= 0.3 is 0 Å². The zero-order valence-corrected chi connectivity index (χ0v) is 9.56. The van der Waals surface area contributed by atoms with Gasteiger partial charge in [0.05, 0.1) is 5.60 Å². The fraction of sp³-hybridized carbons (Fsp3) is 0.538. The fourth-order valence-electron chi connectivity index (χ4n) is 2.05. The fourth-order valence-corrected chi connectivity index (χ4v) is 2.05. The Labute approximate surface area is 94.1 Å². The summed E-state index contributed by atoms with van der Waals surface area (Å²) in [4.78, 5) is 0. The predicted molar refractivity (Wildman–Crippen MR) is 58.0 cm³/mol. The predicted octanol–water partition coefficient (Wildman–Crippen LogP) is 3.06. The molecule has 0 aliphatic heterocycles. The summed E-state index contributed by atoms with van der Waals surface area (Å²) in [6, 6.07) is 3.41. The first-order chi connectivity index (χ1) is 7.32. The topological polar surface area (TPSA) is 20.2 Å². The molecule has 1 aromatic carbocycles. The maximum absolute atomic E-state index is 13.0. The van der Waals surface area contributed by atoms with Gasteiger partial charge in [-0.25, -0.2) is 8.78 Å². The van der Waals surface area contributed by atoms with E-state index in [0.29, 0.717) is 5.56 Å². The van der Waals surface area contributed by atoms with E-state index in [2.05, 4.69) is 0 Å². The Balaban J connectivity index is 2.20. The molecule has 1 aromatic rings. The molecule has 16 heavy (non-hydrogen) atoms. The van der Waals surface area contributed by atoms with Gasteiger partial charge in [-0.05, 0) is 42.9 Å². The van der Waals surface area contributed by atoms with E-state index in [1.54, 1.807) is 6.92 Å². The smallest absolute Gasteiger partial charge is 0.126 e. The van der Waals surface area contributed by atoms with Crippen molar-refractivity contribution < 1.29 is 13.9 Å². The number of hydrogen-bond donors (Lipinski definition) is 1. The minimum Gasteiger partial charge on any atom is -0.389 e. The van der Waals surface area contributed by atoms with Crippen molar-refractivity contribution in [3.8, 4) is 0 Å². The van der Waals surface area contributed by atoms with Crippen molar-refractivity contribution >= 4 is 0 Å². The van der Waals surface area contributed by atoms with Crippen LogP contribution in [0.2, 0.25) is 0 Å². The molecular weight excluding hydrogens is 210 g/mol. The maximum atomic E-state index is 13.0. The average molecular weight is 226 g/mol. The Morgan fingerprint density at radius 3 is 2.19 bits per heavy atom. The monoisotopic (exact) mass is 226 g/mol. The van der Waals surface area contributed by atoms with Gasteiger partial charge in [0.1, 0.15) is 11.6 Å². The summed E-state index contributed by atoms with van der Waals surface area (Å²) in [7, 11) is 0. The maximum Gasteiger partial charge on any atom is 0.126 e. The van der Waals surface area contributed by atoms with E-state index in [4.69, 9.17) is 0 Å². The Morgan fingerprint density at radius 2 is 1.75 bits per heavy atom. The lowest BCUT2D eigenvalue weighted by Gasteiger charge is -2.30. The van der Waals surface area contributed by atoms with E-state index in [0.717, 1.165) is 18.9 Å². The van der Waals surface area contributed by atoms with Gasteiger partial charge in [-0.1, -0.05) is 6.92 Å². The number of aliphatic hydroxyl groups is 1. The van der Waals surface area contributed by atoms with Crippen molar-refractivity contribution in [1.82, 2.24) is 0 Å². The van der Waals surface area contributed by atoms with Crippen LogP contribution in [0.4, 0.5) is 8.78 Å². The minimum atomic E-state index is -0.896. The van der Waals surface area contributed by atoms with Crippen LogP contribution in [0.25, 0.3) is 0 Å². The van der Waals surface area contributed by atoms with Crippen molar-refractivity contribution in [2.75, 3.05) is 0 Å². The summed E-state index contributed by atoms with van der Waals surface area (Å²) >= 11 is 0. The number of benzene rings is 1. The third kappa shape index (κ3) is 2.09. The van der Waals surface area contributed by atoms with Crippen LogP contribution in [0.5, 0.6) is 0 Å². The summed E-state index contributed by atoms with van der Waals surface area (Å²) in [5.41, 5.74) is -0.487. The first kappa shape index (κ1) is 11.5. The Hall–Kier alpha value is -0.960. The van der Waals surface area contributed by atoms with Crippen molar-refractivity contribution in [2.24, 2.45) is 5.41 Å². The normalized spacial score (nSPS) is 21.6. The highest BCUT2D eigenvalue weighted by molar-refractivity contribution is 5.21. The van der Waals surface area contributed by atoms with Crippen LogP contribution in [0.15, 0.2) is 18.2 Å². The van der Waals surface area contributed by atoms with Crippen LogP contribution in [-0.2, 0) is 6.42 Å². The molecule has 3 heteroatoms. The molecule has 2 rings (SSSR count). The molecule has 1 unspecified atom stereocenters. The third-order valence-electron chi connectivity index (χ3n) is 3.77. The molecule has 0 amide bonds. The van der Waals surface area contributed by atoms with Crippen molar-refractivity contribution in [1.29, 1.82) is 0 Å². The third-order valence-corrected chi connectivity index (χ3v) is 3.77. The first-order valence-electron chi connectivity index (χ1n) is 5.50. The largest absolute Gasteiger partial charge is 0.389 e. The van der Waals surface area contributed by atoms with E-state index in [1.165, 1.54) is 12.1 Å². The van der Waals surface area contributed by atoms with Crippen LogP contribution in [0.1, 0.15) is 32.3 Å². The lowest BCUT2D eigenvalue weighted by Crippen LogP contribution is -2.36. The second-order valence-corrected chi connectivity index (χ2v) is 5.29. The van der Waals surface area contributed by atoms with Gasteiger partial charge in [0.15, 0.2) is 0 Å². The lowest BCUT2D eigenvalue weighted by atomic mass is 9.82. The van der Waals surface area contributed by atoms with Crippen LogP contribution >= 0.6 is 0 Å². The second-order valence-electron chi connectivity index (χ2n) is 5.29. The SMILES string of the molecule is CC(O)(Cc1cc(F)cc(F)c1)C1(C)CC1. The van der Waals surface area contributed by atoms with E-state index < -0.39 is 17.2 Å². The number of rotatable bonds is 3. The molecule has 0 bridgehead atoms. The molecule has 1 aliphatic rings. The summed E-state index contributed by atoms with van der Waals surface area (Å²) < 4.78 is 26.0. The van der Waals surface area contributed by atoms with E-state index >= 15 is 0 Å². The van der Waals surface area contributed by atoms with Crippen LogP contribution in [-0.4, -0.2) is 10.7 Å². The summed E-state index contributed by atoms with van der Waals surface area (Å²) in [5.74, 6) is -1.18. The van der Waals surface area contributed by atoms with Crippen molar-refractivity contribution in [3.63, 3.8) is 0 Å². The van der Waals surface area contributed by atoms with Gasteiger partial charge in [-0.3, -0.25) is 0 Å². The van der Waals surface area contributed by atoms with Gasteiger partial charge in [-0.2, -0.15) is 0 Å². The standard InChI is InChI=1S/C13H16F2O/c1-12(3-4-12)13(2,16)8-9-5-10(14)7-11(15)6-9/h5-7,16H,3-4,8H2,1-2H3. The zero-order valence-electron chi connectivity index (χ0n) is 9.56. The molecular formula is C13H16F2O. The molecule has 0 saturated heterocycles. The molecule has 0 aromatic heterocycles. The van der Waals surface area contributed by atoms with Gasteiger partial charge in [0.2, 0.25) is 0 Å². The van der Waals surface area contributed by atoms with E-state index in [-0.39, 0.29) is 11.8 Å². The van der Waals surface area contributed by atoms with Crippen LogP contribution < -0.4 is 0 Å². The molecule has 1 nitrogen and oxygen atoms in total. The highest BCUT2D eigenvalue weighted by Crippen LogP contribution is 2.54. The highest BCUT2D eigenvalue weighted by Gasteiger charge is 2.51. The van der Waals surface area contributed by atoms with Crippen LogP contribution in [0, 0.1) is 17.0 Å². The quantitative estimate of drug-likeness (QED) is 0.839. The van der Waals surface area contributed by atoms with E-state index in [1.807, 2.05) is 6.92 Å². The summed E-state index contributed by atoms with van der Waals surface area (Å²) in [5, 5.41) is 10.3. The van der Waals surface area contributed by atoms with Gasteiger partial charge in [0.25, 0.3) is 0 Å². The van der Waals surface area contributed by atoms with Gasteiger partial charge in [0, 0.05) is 12.5 Å². The first-order valence-corrected chi connectivity index (χ1v) is 5.50. The summed E-state index contributed by atoms with van der Waals surface area (Å²) in [6.45, 7) is 3.74. The second kappa shape index (κ2) is 3.52. The molecule has 0 spiro atoms. The summed E-state index contributed by atoms with van der Waals surface area (Å²) in [6.07, 6.45) is 2.23. The lowest BCUT2D eigenvalue weighted by molar-refractivity contribution is -0.00710. The molecule has 0 heterocycles.